The van der Waals surface area contributed by atoms with Crippen molar-refractivity contribution in [1.82, 2.24) is 0 Å². The quantitative estimate of drug-likeness (QED) is 0.516. The summed E-state index contributed by atoms with van der Waals surface area (Å²) in [5, 5.41) is 0. The Morgan fingerprint density at radius 1 is 0.667 bits per heavy atom. The third-order valence-corrected chi connectivity index (χ3v) is 3.51. The maximum absolute atomic E-state index is 2.37. The van der Waals surface area contributed by atoms with E-state index in [-0.39, 0.29) is 0 Å². The zero-order chi connectivity index (χ0) is 11.5. The third kappa shape index (κ3) is 10.3. The van der Waals surface area contributed by atoms with Gasteiger partial charge in [-0.25, -0.2) is 0 Å². The van der Waals surface area contributed by atoms with Gasteiger partial charge in [0, 0.05) is 0 Å². The van der Waals surface area contributed by atoms with E-state index in [1.807, 2.05) is 0 Å². The van der Waals surface area contributed by atoms with E-state index in [1.165, 1.54) is 57.8 Å². The molecule has 0 radical (unpaired) electrons. The first-order chi connectivity index (χ1) is 7.20. The Balaban J connectivity index is 0.000000265. The maximum Gasteiger partial charge on any atom is -0.0443 e. The van der Waals surface area contributed by atoms with Gasteiger partial charge in [-0.1, -0.05) is 85.5 Å². The van der Waals surface area contributed by atoms with Crippen LogP contribution in [-0.4, -0.2) is 0 Å². The first-order valence-electron chi connectivity index (χ1n) is 7.20. The fourth-order valence-electron chi connectivity index (χ4n) is 2.10. The highest BCUT2D eigenvalue weighted by Crippen LogP contribution is 2.27. The lowest BCUT2D eigenvalue weighted by atomic mass is 9.84. The van der Waals surface area contributed by atoms with Crippen LogP contribution in [0.15, 0.2) is 0 Å². The number of hydrogen-bond acceptors (Lipinski definition) is 0. The first-order valence-corrected chi connectivity index (χ1v) is 7.20. The number of rotatable bonds is 4. The van der Waals surface area contributed by atoms with E-state index in [4.69, 9.17) is 0 Å². The van der Waals surface area contributed by atoms with Crippen molar-refractivity contribution in [2.45, 2.75) is 85.5 Å². The monoisotopic (exact) mass is 212 g/mol. The Morgan fingerprint density at radius 3 is 1.27 bits per heavy atom. The van der Waals surface area contributed by atoms with Crippen LogP contribution in [0.4, 0.5) is 0 Å². The third-order valence-electron chi connectivity index (χ3n) is 3.51. The summed E-state index contributed by atoms with van der Waals surface area (Å²) >= 11 is 0. The highest BCUT2D eigenvalue weighted by Gasteiger charge is 2.13. The summed E-state index contributed by atoms with van der Waals surface area (Å²) < 4.78 is 0. The van der Waals surface area contributed by atoms with Gasteiger partial charge < -0.3 is 0 Å². The lowest BCUT2D eigenvalue weighted by molar-refractivity contribution is 0.308. The van der Waals surface area contributed by atoms with Crippen LogP contribution < -0.4 is 0 Å². The van der Waals surface area contributed by atoms with E-state index in [9.17, 15) is 0 Å². The summed E-state index contributed by atoms with van der Waals surface area (Å²) in [6.45, 7) is 9.23. The number of hydrogen-bond donors (Lipinski definition) is 0. The van der Waals surface area contributed by atoms with Gasteiger partial charge in [0.05, 0.1) is 0 Å². The maximum atomic E-state index is 2.37. The molecule has 15 heavy (non-hydrogen) atoms. The van der Waals surface area contributed by atoms with Gasteiger partial charge in [0.15, 0.2) is 0 Å². The molecular weight excluding hydrogens is 180 g/mol. The lowest BCUT2D eigenvalue weighted by Gasteiger charge is -2.22. The molecule has 0 heteroatoms. The van der Waals surface area contributed by atoms with Gasteiger partial charge in [-0.05, 0) is 11.8 Å². The van der Waals surface area contributed by atoms with Gasteiger partial charge in [0.1, 0.15) is 0 Å². The van der Waals surface area contributed by atoms with E-state index in [0.29, 0.717) is 0 Å². The molecule has 0 N–H and O–H groups in total. The summed E-state index contributed by atoms with van der Waals surface area (Å²) in [5.74, 6) is 2.04. The van der Waals surface area contributed by atoms with Crippen molar-refractivity contribution in [3.8, 4) is 0 Å². The van der Waals surface area contributed by atoms with Crippen molar-refractivity contribution >= 4 is 0 Å². The van der Waals surface area contributed by atoms with Crippen LogP contribution >= 0.6 is 0 Å². The molecule has 0 amide bonds. The van der Waals surface area contributed by atoms with Crippen LogP contribution in [0, 0.1) is 11.8 Å². The largest absolute Gasteiger partial charge is 0.0654 e. The molecule has 0 unspecified atom stereocenters. The molecule has 0 aliphatic heterocycles. The Labute approximate surface area is 97.8 Å². The van der Waals surface area contributed by atoms with Crippen molar-refractivity contribution in [2.24, 2.45) is 11.8 Å². The Bertz CT molecular complexity index is 95.2. The van der Waals surface area contributed by atoms with Crippen molar-refractivity contribution in [3.63, 3.8) is 0 Å². The van der Waals surface area contributed by atoms with Gasteiger partial charge in [-0.3, -0.25) is 0 Å². The molecule has 0 heterocycles. The minimum absolute atomic E-state index is 1.02. The van der Waals surface area contributed by atoms with E-state index >= 15 is 0 Å². The molecule has 1 rings (SSSR count). The molecule has 1 fully saturated rings. The van der Waals surface area contributed by atoms with Crippen LogP contribution in [-0.2, 0) is 0 Å². The Hall–Kier alpha value is 0. The highest BCUT2D eigenvalue weighted by molar-refractivity contribution is 4.65. The zero-order valence-electron chi connectivity index (χ0n) is 11.5. The minimum Gasteiger partial charge on any atom is -0.0654 e. The standard InChI is InChI=1S/C8H16.C7H16/c1-7-3-5-8(2)6-4-7;1-3-5-7-6-4-2/h7-8H,3-6H2,1-2H3;3-7H2,1-2H3. The Kier molecular flexibility index (Phi) is 10.5. The molecule has 0 spiro atoms. The van der Waals surface area contributed by atoms with Crippen molar-refractivity contribution in [1.29, 1.82) is 0 Å². The average molecular weight is 212 g/mol. The van der Waals surface area contributed by atoms with Crippen LogP contribution in [0.3, 0.4) is 0 Å². The van der Waals surface area contributed by atoms with Gasteiger partial charge in [0.25, 0.3) is 0 Å². The Morgan fingerprint density at radius 2 is 1.00 bits per heavy atom. The molecule has 0 atom stereocenters. The lowest BCUT2D eigenvalue weighted by Crippen LogP contribution is -2.08. The molecule has 0 nitrogen and oxygen atoms in total. The normalized spacial score (nSPS) is 25.6. The van der Waals surface area contributed by atoms with Crippen molar-refractivity contribution < 1.29 is 0 Å². The summed E-state index contributed by atoms with van der Waals surface area (Å²) in [4.78, 5) is 0. The second-order valence-corrected chi connectivity index (χ2v) is 5.43. The molecule has 0 bridgehead atoms. The summed E-state index contributed by atoms with van der Waals surface area (Å²) in [7, 11) is 0. The second kappa shape index (κ2) is 10.5. The van der Waals surface area contributed by atoms with Crippen LogP contribution in [0.1, 0.15) is 85.5 Å². The molecule has 1 saturated carbocycles. The number of unbranched alkanes of at least 4 members (excludes halogenated alkanes) is 4. The molecule has 1 aliphatic carbocycles. The topological polar surface area (TPSA) is 0 Å². The van der Waals surface area contributed by atoms with Crippen LogP contribution in [0.25, 0.3) is 0 Å². The molecule has 0 saturated heterocycles. The minimum atomic E-state index is 1.02. The van der Waals surface area contributed by atoms with Gasteiger partial charge >= 0.3 is 0 Å². The average Bonchev–Trinajstić information content (AvgIpc) is 2.24. The predicted molar refractivity (Wildman–Crippen MR) is 71.2 cm³/mol. The van der Waals surface area contributed by atoms with Crippen molar-refractivity contribution in [2.75, 3.05) is 0 Å². The molecule has 0 aromatic heterocycles. The van der Waals surface area contributed by atoms with E-state index in [1.54, 1.807) is 0 Å². The summed E-state index contributed by atoms with van der Waals surface area (Å²) in [6.07, 6.45) is 12.9. The molecular formula is C15H32. The van der Waals surface area contributed by atoms with Gasteiger partial charge in [-0.2, -0.15) is 0 Å². The smallest absolute Gasteiger partial charge is 0.0443 e. The predicted octanol–water partition coefficient (Wildman–Crippen LogP) is 5.81. The van der Waals surface area contributed by atoms with E-state index < -0.39 is 0 Å². The fraction of sp³-hybridized carbons (Fsp3) is 1.00. The highest BCUT2D eigenvalue weighted by atomic mass is 14.2. The zero-order valence-corrected chi connectivity index (χ0v) is 11.5. The molecule has 0 aromatic carbocycles. The van der Waals surface area contributed by atoms with E-state index in [0.717, 1.165) is 11.8 Å². The second-order valence-electron chi connectivity index (χ2n) is 5.43. The summed E-state index contributed by atoms with van der Waals surface area (Å²) in [5.41, 5.74) is 0. The van der Waals surface area contributed by atoms with Gasteiger partial charge in [0.2, 0.25) is 0 Å². The first kappa shape index (κ1) is 15.0. The van der Waals surface area contributed by atoms with Crippen LogP contribution in [0.2, 0.25) is 0 Å². The van der Waals surface area contributed by atoms with Crippen molar-refractivity contribution in [3.05, 3.63) is 0 Å². The summed E-state index contributed by atoms with van der Waals surface area (Å²) in [6, 6.07) is 0. The molecule has 0 aromatic rings. The SMILES string of the molecule is CC1CCC(C)CC1.CCCCCCC. The fourth-order valence-corrected chi connectivity index (χ4v) is 2.10. The van der Waals surface area contributed by atoms with E-state index in [2.05, 4.69) is 27.7 Å². The molecule has 92 valence electrons. The molecule has 1 aliphatic rings. The van der Waals surface area contributed by atoms with Crippen LogP contribution in [0.5, 0.6) is 0 Å². The van der Waals surface area contributed by atoms with Gasteiger partial charge in [-0.15, -0.1) is 0 Å².